The van der Waals surface area contributed by atoms with Crippen molar-refractivity contribution in [2.75, 3.05) is 13.2 Å². The van der Waals surface area contributed by atoms with Gasteiger partial charge in [0.05, 0.1) is 18.1 Å². The molecule has 0 aliphatic rings. The molecule has 2 rings (SSSR count). The monoisotopic (exact) mass is 405 g/mol. The first kappa shape index (κ1) is 22.2. The number of nitrogens with one attached hydrogen (secondary N) is 1. The summed E-state index contributed by atoms with van der Waals surface area (Å²) in [6.45, 7) is 10.9. The number of aryl methyl sites for hydroxylation is 1. The van der Waals surface area contributed by atoms with Gasteiger partial charge < -0.3 is 9.47 Å². The van der Waals surface area contributed by atoms with Crippen LogP contribution in [0.4, 0.5) is 0 Å². The second kappa shape index (κ2) is 9.94. The Balaban J connectivity index is 2.35. The highest BCUT2D eigenvalue weighted by molar-refractivity contribution is 7.89. The summed E-state index contributed by atoms with van der Waals surface area (Å²) in [5.74, 6) is 1.34. The van der Waals surface area contributed by atoms with E-state index in [0.717, 1.165) is 17.5 Å². The fraction of sp³-hybridized carbons (Fsp3) is 0.455. The van der Waals surface area contributed by atoms with Gasteiger partial charge in [0.25, 0.3) is 0 Å². The lowest BCUT2D eigenvalue weighted by Gasteiger charge is -2.24. The number of sulfonamides is 1. The first-order valence-corrected chi connectivity index (χ1v) is 11.3. The minimum absolute atomic E-state index is 0.0529. The normalized spacial score (nSPS) is 12.8. The van der Waals surface area contributed by atoms with Gasteiger partial charge in [0.2, 0.25) is 10.0 Å². The Hall–Kier alpha value is -2.05. The minimum atomic E-state index is -3.65. The van der Waals surface area contributed by atoms with Gasteiger partial charge in [-0.3, -0.25) is 0 Å². The molecule has 1 atom stereocenters. The van der Waals surface area contributed by atoms with Crippen LogP contribution in [0.2, 0.25) is 0 Å². The highest BCUT2D eigenvalue weighted by Gasteiger charge is 2.25. The zero-order valence-corrected chi connectivity index (χ0v) is 18.2. The van der Waals surface area contributed by atoms with Crippen LogP contribution in [0.1, 0.15) is 51.8 Å². The van der Waals surface area contributed by atoms with Crippen molar-refractivity contribution in [1.82, 2.24) is 4.72 Å². The van der Waals surface area contributed by atoms with Crippen molar-refractivity contribution in [2.45, 2.75) is 52.0 Å². The molecule has 2 aromatic carbocycles. The molecule has 1 unspecified atom stereocenters. The van der Waals surface area contributed by atoms with Gasteiger partial charge in [-0.05, 0) is 61.6 Å². The molecule has 0 saturated heterocycles. The molecule has 0 aliphatic carbocycles. The topological polar surface area (TPSA) is 64.6 Å². The quantitative estimate of drug-likeness (QED) is 0.621. The van der Waals surface area contributed by atoms with Gasteiger partial charge in [-0.15, -0.1) is 0 Å². The molecule has 1 N–H and O–H groups in total. The van der Waals surface area contributed by atoms with Crippen molar-refractivity contribution in [3.8, 4) is 11.5 Å². The van der Waals surface area contributed by atoms with Crippen molar-refractivity contribution >= 4 is 10.0 Å². The third kappa shape index (κ3) is 5.49. The first-order chi connectivity index (χ1) is 13.3. The molecule has 0 fully saturated rings. The average Bonchev–Trinajstić information content (AvgIpc) is 2.68. The smallest absolute Gasteiger partial charge is 0.241 e. The van der Waals surface area contributed by atoms with Crippen LogP contribution >= 0.6 is 0 Å². The molecule has 6 heteroatoms. The van der Waals surface area contributed by atoms with E-state index in [1.165, 1.54) is 0 Å². The van der Waals surface area contributed by atoms with Crippen LogP contribution in [0.15, 0.2) is 47.4 Å². The summed E-state index contributed by atoms with van der Waals surface area (Å²) >= 11 is 0. The molecule has 5 nitrogen and oxygen atoms in total. The highest BCUT2D eigenvalue weighted by atomic mass is 32.2. The zero-order chi connectivity index (χ0) is 20.7. The van der Waals surface area contributed by atoms with Crippen LogP contribution in [-0.4, -0.2) is 21.6 Å². The van der Waals surface area contributed by atoms with E-state index >= 15 is 0 Å². The number of ether oxygens (including phenoxy) is 2. The van der Waals surface area contributed by atoms with Gasteiger partial charge >= 0.3 is 0 Å². The van der Waals surface area contributed by atoms with E-state index in [2.05, 4.69) is 4.72 Å². The summed E-state index contributed by atoms with van der Waals surface area (Å²) < 4.78 is 40.0. The fourth-order valence-corrected chi connectivity index (χ4v) is 4.36. The van der Waals surface area contributed by atoms with Crippen LogP contribution in [-0.2, 0) is 16.4 Å². The van der Waals surface area contributed by atoms with E-state index in [4.69, 9.17) is 9.47 Å². The molecule has 0 spiro atoms. The van der Waals surface area contributed by atoms with Crippen molar-refractivity contribution < 1.29 is 17.9 Å². The zero-order valence-electron chi connectivity index (χ0n) is 17.4. The maximum atomic E-state index is 12.9. The summed E-state index contributed by atoms with van der Waals surface area (Å²) in [6, 6.07) is 12.2. The van der Waals surface area contributed by atoms with Gasteiger partial charge in [-0.2, -0.15) is 0 Å². The van der Waals surface area contributed by atoms with E-state index in [0.29, 0.717) is 24.7 Å². The van der Waals surface area contributed by atoms with Crippen molar-refractivity contribution in [3.05, 3.63) is 53.6 Å². The SMILES string of the molecule is CCOc1ccc(C(NS(=O)(=O)c2ccc(CC)cc2)C(C)C)cc1OCC. The van der Waals surface area contributed by atoms with Crippen molar-refractivity contribution in [3.63, 3.8) is 0 Å². The molecular formula is C22H31NO4S. The highest BCUT2D eigenvalue weighted by Crippen LogP contribution is 2.33. The van der Waals surface area contributed by atoms with Gasteiger partial charge in [-0.25, -0.2) is 13.1 Å². The maximum absolute atomic E-state index is 12.9. The minimum Gasteiger partial charge on any atom is -0.490 e. The molecule has 154 valence electrons. The first-order valence-electron chi connectivity index (χ1n) is 9.83. The lowest BCUT2D eigenvalue weighted by atomic mass is 9.97. The van der Waals surface area contributed by atoms with E-state index in [1.807, 2.05) is 65.0 Å². The second-order valence-electron chi connectivity index (χ2n) is 6.91. The fourth-order valence-electron chi connectivity index (χ4n) is 2.99. The van der Waals surface area contributed by atoms with Crippen LogP contribution in [0.5, 0.6) is 11.5 Å². The molecule has 0 aliphatic heterocycles. The van der Waals surface area contributed by atoms with Crippen LogP contribution in [0.3, 0.4) is 0 Å². The van der Waals surface area contributed by atoms with Gasteiger partial charge in [-0.1, -0.05) is 39.0 Å². The Bertz CT molecular complexity index is 861. The molecule has 0 saturated carbocycles. The molecule has 0 heterocycles. The standard InChI is InChI=1S/C22H31NO4S/c1-6-17-9-12-19(13-10-17)28(24,25)23-22(16(4)5)18-11-14-20(26-7-2)21(15-18)27-8-3/h9-16,22-23H,6-8H2,1-5H3. The predicted molar refractivity (Wildman–Crippen MR) is 113 cm³/mol. The van der Waals surface area contributed by atoms with Crippen LogP contribution in [0.25, 0.3) is 0 Å². The maximum Gasteiger partial charge on any atom is 0.241 e. The Morgan fingerprint density at radius 1 is 0.893 bits per heavy atom. The molecule has 0 amide bonds. The lowest BCUT2D eigenvalue weighted by molar-refractivity contribution is 0.287. The third-order valence-electron chi connectivity index (χ3n) is 4.52. The third-order valence-corrected chi connectivity index (χ3v) is 5.97. The molecular weight excluding hydrogens is 374 g/mol. The Morgan fingerprint density at radius 2 is 1.50 bits per heavy atom. The summed E-state index contributed by atoms with van der Waals surface area (Å²) in [6.07, 6.45) is 0.870. The second-order valence-corrected chi connectivity index (χ2v) is 8.63. The molecule has 0 radical (unpaired) electrons. The summed E-state index contributed by atoms with van der Waals surface area (Å²) in [4.78, 5) is 0.270. The van der Waals surface area contributed by atoms with Crippen LogP contribution in [0, 0.1) is 5.92 Å². The molecule has 0 aromatic heterocycles. The number of rotatable bonds is 10. The Labute approximate surface area is 169 Å². The van der Waals surface area contributed by atoms with Gasteiger partial charge in [0.15, 0.2) is 11.5 Å². The predicted octanol–water partition coefficient (Wildman–Crippen LogP) is 4.72. The van der Waals surface area contributed by atoms with E-state index < -0.39 is 10.0 Å². The molecule has 2 aromatic rings. The molecule has 28 heavy (non-hydrogen) atoms. The van der Waals surface area contributed by atoms with E-state index in [-0.39, 0.29) is 16.9 Å². The number of hydrogen-bond acceptors (Lipinski definition) is 4. The number of benzene rings is 2. The van der Waals surface area contributed by atoms with E-state index in [9.17, 15) is 8.42 Å². The van der Waals surface area contributed by atoms with Crippen LogP contribution < -0.4 is 14.2 Å². The van der Waals surface area contributed by atoms with Gasteiger partial charge in [0, 0.05) is 6.04 Å². The average molecular weight is 406 g/mol. The summed E-state index contributed by atoms with van der Waals surface area (Å²) in [7, 11) is -3.65. The Kier molecular flexibility index (Phi) is 7.89. The van der Waals surface area contributed by atoms with Gasteiger partial charge in [0.1, 0.15) is 0 Å². The van der Waals surface area contributed by atoms with Crippen molar-refractivity contribution in [1.29, 1.82) is 0 Å². The van der Waals surface area contributed by atoms with Crippen molar-refractivity contribution in [2.24, 2.45) is 5.92 Å². The largest absolute Gasteiger partial charge is 0.490 e. The lowest BCUT2D eigenvalue weighted by Crippen LogP contribution is -2.31. The number of hydrogen-bond donors (Lipinski definition) is 1. The Morgan fingerprint density at radius 3 is 2.04 bits per heavy atom. The van der Waals surface area contributed by atoms with E-state index in [1.54, 1.807) is 12.1 Å². The summed E-state index contributed by atoms with van der Waals surface area (Å²) in [5.41, 5.74) is 1.95. The molecule has 0 bridgehead atoms. The summed E-state index contributed by atoms with van der Waals surface area (Å²) in [5, 5.41) is 0.